The monoisotopic (exact) mass is 470 g/mol. The van der Waals surface area contributed by atoms with Gasteiger partial charge in [0.25, 0.3) is 0 Å². The molecule has 2 aromatic carbocycles. The van der Waals surface area contributed by atoms with E-state index >= 15 is 0 Å². The summed E-state index contributed by atoms with van der Waals surface area (Å²) in [6, 6.07) is 9.50. The number of furan rings is 1. The van der Waals surface area contributed by atoms with Crippen molar-refractivity contribution in [2.45, 2.75) is 19.0 Å². The molecule has 0 aliphatic rings. The lowest BCUT2D eigenvalue weighted by Gasteiger charge is -2.11. The first-order chi connectivity index (χ1) is 13.3. The first-order valence-electron chi connectivity index (χ1n) is 8.12. The molecule has 0 aliphatic carbocycles. The fraction of sp³-hybridized carbons (Fsp3) is 0.167. The molecule has 0 radical (unpaired) electrons. The number of fused-ring (bicyclic) bond motifs is 1. The number of aryl methyl sites for hydroxylation is 2. The van der Waals surface area contributed by atoms with E-state index in [1.807, 2.05) is 0 Å². The molecule has 0 spiro atoms. The number of H-pyrrole nitrogens is 1. The van der Waals surface area contributed by atoms with Gasteiger partial charge in [-0.25, -0.2) is 0 Å². The maximum Gasteiger partial charge on any atom is 0.417 e. The molecule has 0 bridgehead atoms. The zero-order chi connectivity index (χ0) is 19.9. The number of halogens is 5. The lowest BCUT2D eigenvalue weighted by Crippen LogP contribution is -2.07. The minimum Gasteiger partial charge on any atom is -0.453 e. The fourth-order valence-corrected chi connectivity index (χ4v) is 3.63. The van der Waals surface area contributed by atoms with E-state index in [2.05, 4.69) is 36.6 Å². The third-order valence-electron chi connectivity index (χ3n) is 4.27. The van der Waals surface area contributed by atoms with Gasteiger partial charge in [-0.1, -0.05) is 33.6 Å². The zero-order valence-electron chi connectivity index (χ0n) is 14.0. The Labute approximate surface area is 170 Å². The van der Waals surface area contributed by atoms with E-state index in [0.29, 0.717) is 40.6 Å². The van der Waals surface area contributed by atoms with Crippen molar-refractivity contribution in [1.82, 2.24) is 20.6 Å². The smallest absolute Gasteiger partial charge is 0.417 e. The van der Waals surface area contributed by atoms with E-state index in [1.54, 1.807) is 24.3 Å². The van der Waals surface area contributed by atoms with Gasteiger partial charge in [0, 0.05) is 14.9 Å². The van der Waals surface area contributed by atoms with Gasteiger partial charge in [0.2, 0.25) is 5.82 Å². The second-order valence-electron chi connectivity index (χ2n) is 6.14. The summed E-state index contributed by atoms with van der Waals surface area (Å²) in [6.07, 6.45) is -3.54. The largest absolute Gasteiger partial charge is 0.453 e. The van der Waals surface area contributed by atoms with Crippen molar-refractivity contribution in [1.29, 1.82) is 0 Å². The summed E-state index contributed by atoms with van der Waals surface area (Å²) in [6.45, 7) is 0. The normalized spacial score (nSPS) is 12.0. The van der Waals surface area contributed by atoms with E-state index < -0.39 is 11.7 Å². The average Bonchev–Trinajstić information content (AvgIpc) is 3.29. The summed E-state index contributed by atoms with van der Waals surface area (Å²) in [5, 5.41) is 14.9. The Kier molecular flexibility index (Phi) is 4.88. The molecule has 4 aromatic rings. The van der Waals surface area contributed by atoms with Crippen LogP contribution < -0.4 is 0 Å². The highest BCUT2D eigenvalue weighted by Gasteiger charge is 2.33. The molecule has 0 saturated carbocycles. The van der Waals surface area contributed by atoms with Crippen LogP contribution in [0, 0.1) is 0 Å². The molecular formula is C18H11BrClF3N4O. The highest BCUT2D eigenvalue weighted by Crippen LogP contribution is 2.36. The number of benzene rings is 2. The molecule has 5 nitrogen and oxygen atoms in total. The van der Waals surface area contributed by atoms with Crippen molar-refractivity contribution in [3.05, 3.63) is 62.6 Å². The number of hydrogen-bond donors (Lipinski definition) is 1. The molecule has 4 rings (SSSR count). The van der Waals surface area contributed by atoms with Gasteiger partial charge < -0.3 is 4.42 Å². The first kappa shape index (κ1) is 18.9. The van der Waals surface area contributed by atoms with Gasteiger partial charge in [-0.05, 0) is 59.5 Å². The Bertz CT molecular complexity index is 1140. The minimum atomic E-state index is -4.41. The molecule has 28 heavy (non-hydrogen) atoms. The van der Waals surface area contributed by atoms with Crippen molar-refractivity contribution in [2.75, 3.05) is 0 Å². The number of tetrazole rings is 1. The Morgan fingerprint density at radius 1 is 1.11 bits per heavy atom. The number of hydrogen-bond acceptors (Lipinski definition) is 4. The van der Waals surface area contributed by atoms with Gasteiger partial charge in [0.05, 0.1) is 5.56 Å². The first-order valence-corrected chi connectivity index (χ1v) is 9.30. The van der Waals surface area contributed by atoms with E-state index in [0.717, 1.165) is 17.0 Å². The SMILES string of the molecule is FC(F)(F)c1cc(CCc2cc3oc(-c4nn[nH]n4)cc3cc2Cl)ccc1Br. The van der Waals surface area contributed by atoms with Gasteiger partial charge in [0.1, 0.15) is 5.58 Å². The molecule has 0 amide bonds. The maximum absolute atomic E-state index is 13.1. The van der Waals surface area contributed by atoms with Crippen LogP contribution in [0.1, 0.15) is 16.7 Å². The third kappa shape index (κ3) is 3.77. The van der Waals surface area contributed by atoms with E-state index in [4.69, 9.17) is 16.0 Å². The summed E-state index contributed by atoms with van der Waals surface area (Å²) in [4.78, 5) is 0. The van der Waals surface area contributed by atoms with E-state index in [-0.39, 0.29) is 4.47 Å². The molecule has 0 unspecified atom stereocenters. The van der Waals surface area contributed by atoms with Crippen molar-refractivity contribution in [2.24, 2.45) is 0 Å². The standard InChI is InChI=1S/C18H11BrClF3N4O/c19-13-4-2-9(5-12(13)18(21,22)23)1-3-10-7-15-11(6-14(10)20)8-16(28-15)17-24-26-27-25-17/h2,4-8H,1,3H2,(H,24,25,26,27). The molecule has 0 fully saturated rings. The molecular weight excluding hydrogens is 461 g/mol. The lowest BCUT2D eigenvalue weighted by atomic mass is 10.0. The molecule has 2 aromatic heterocycles. The fourth-order valence-electron chi connectivity index (χ4n) is 2.89. The number of nitrogens with one attached hydrogen (secondary N) is 1. The third-order valence-corrected chi connectivity index (χ3v) is 5.31. The predicted molar refractivity (Wildman–Crippen MR) is 101 cm³/mol. The molecule has 0 aliphatic heterocycles. The zero-order valence-corrected chi connectivity index (χ0v) is 16.4. The molecule has 0 saturated heterocycles. The van der Waals surface area contributed by atoms with Crippen LogP contribution in [0.4, 0.5) is 13.2 Å². The Morgan fingerprint density at radius 2 is 1.93 bits per heavy atom. The second-order valence-corrected chi connectivity index (χ2v) is 7.40. The highest BCUT2D eigenvalue weighted by molar-refractivity contribution is 9.10. The van der Waals surface area contributed by atoms with Crippen molar-refractivity contribution >= 4 is 38.5 Å². The summed E-state index contributed by atoms with van der Waals surface area (Å²) >= 11 is 9.30. The summed E-state index contributed by atoms with van der Waals surface area (Å²) in [5.74, 6) is 0.767. The predicted octanol–water partition coefficient (Wildman–Crippen LogP) is 5.83. The molecule has 10 heteroatoms. The van der Waals surface area contributed by atoms with Crippen molar-refractivity contribution in [3.63, 3.8) is 0 Å². The van der Waals surface area contributed by atoms with Gasteiger partial charge in [-0.3, -0.25) is 0 Å². The maximum atomic E-state index is 13.1. The summed E-state index contributed by atoms with van der Waals surface area (Å²) in [7, 11) is 0. The van der Waals surface area contributed by atoms with E-state index in [9.17, 15) is 13.2 Å². The van der Waals surface area contributed by atoms with Crippen molar-refractivity contribution in [3.8, 4) is 11.6 Å². The number of rotatable bonds is 4. The van der Waals surface area contributed by atoms with Gasteiger partial charge >= 0.3 is 6.18 Å². The molecule has 2 heterocycles. The molecule has 0 atom stereocenters. The Hall–Kier alpha value is -2.39. The van der Waals surface area contributed by atoms with Gasteiger partial charge in [-0.15, -0.1) is 10.2 Å². The number of nitrogens with zero attached hydrogens (tertiary/aromatic N) is 3. The van der Waals surface area contributed by atoms with Crippen LogP contribution >= 0.6 is 27.5 Å². The molecule has 144 valence electrons. The highest BCUT2D eigenvalue weighted by atomic mass is 79.9. The Morgan fingerprint density at radius 3 is 2.64 bits per heavy atom. The summed E-state index contributed by atoms with van der Waals surface area (Å²) < 4.78 is 45.0. The van der Waals surface area contributed by atoms with Crippen molar-refractivity contribution < 1.29 is 17.6 Å². The van der Waals surface area contributed by atoms with Crippen LogP contribution in [0.15, 0.2) is 45.3 Å². The minimum absolute atomic E-state index is 0.0211. The topological polar surface area (TPSA) is 67.6 Å². The van der Waals surface area contributed by atoms with E-state index in [1.165, 1.54) is 6.07 Å². The van der Waals surface area contributed by atoms with Crippen LogP contribution in [0.25, 0.3) is 22.6 Å². The quantitative estimate of drug-likeness (QED) is 0.406. The summed E-state index contributed by atoms with van der Waals surface area (Å²) in [5.41, 5.74) is 1.24. The van der Waals surface area contributed by atoms with Crippen LogP contribution in [0.2, 0.25) is 5.02 Å². The number of alkyl halides is 3. The van der Waals surface area contributed by atoms with Crippen LogP contribution in [-0.2, 0) is 19.0 Å². The second kappa shape index (κ2) is 7.21. The number of aromatic nitrogens is 4. The van der Waals surface area contributed by atoms with Crippen LogP contribution in [-0.4, -0.2) is 20.6 Å². The molecule has 1 N–H and O–H groups in total. The van der Waals surface area contributed by atoms with Crippen LogP contribution in [0.5, 0.6) is 0 Å². The van der Waals surface area contributed by atoms with Crippen LogP contribution in [0.3, 0.4) is 0 Å². The lowest BCUT2D eigenvalue weighted by molar-refractivity contribution is -0.138. The van der Waals surface area contributed by atoms with Gasteiger partial charge in [0.15, 0.2) is 5.76 Å². The average molecular weight is 472 g/mol. The van der Waals surface area contributed by atoms with Gasteiger partial charge in [-0.2, -0.15) is 18.4 Å². The Balaban J connectivity index is 1.59. The number of aromatic amines is 1.